The number of piperidine rings is 1. The van der Waals surface area contributed by atoms with Crippen LogP contribution in [0.4, 0.5) is 5.69 Å². The lowest BCUT2D eigenvalue weighted by atomic mass is 9.98. The number of hydrogen-bond donors (Lipinski definition) is 1. The van der Waals surface area contributed by atoms with Gasteiger partial charge in [0.05, 0.1) is 4.90 Å². The number of sulfonamides is 1. The van der Waals surface area contributed by atoms with Crippen LogP contribution in [0.3, 0.4) is 0 Å². The second kappa shape index (κ2) is 6.83. The summed E-state index contributed by atoms with van der Waals surface area (Å²) in [6, 6.07) is 6.87. The molecule has 0 unspecified atom stereocenters. The molecule has 0 atom stereocenters. The summed E-state index contributed by atoms with van der Waals surface area (Å²) in [5, 5.41) is 5.11. The van der Waals surface area contributed by atoms with Crippen molar-refractivity contribution in [1.82, 2.24) is 0 Å². The van der Waals surface area contributed by atoms with E-state index in [2.05, 4.69) is 11.8 Å². The van der Waals surface area contributed by atoms with E-state index in [4.69, 9.17) is 5.14 Å². The predicted octanol–water partition coefficient (Wildman–Crippen LogP) is 2.30. The number of hydrogen-bond acceptors (Lipinski definition) is 4. The number of rotatable bonds is 5. The number of thioether (sulfide) groups is 1. The maximum Gasteiger partial charge on any atom is 0.238 e. The third kappa shape index (κ3) is 4.14. The van der Waals surface area contributed by atoms with Crippen LogP contribution < -0.4 is 10.0 Å². The van der Waals surface area contributed by atoms with Crippen LogP contribution >= 0.6 is 11.8 Å². The van der Waals surface area contributed by atoms with E-state index >= 15 is 0 Å². The number of nitrogens with two attached hydrogens (primary N) is 1. The first-order chi connectivity index (χ1) is 9.50. The van der Waals surface area contributed by atoms with Crippen LogP contribution in [0.2, 0.25) is 0 Å². The Morgan fingerprint density at radius 2 is 1.85 bits per heavy atom. The Balaban J connectivity index is 1.94. The first kappa shape index (κ1) is 15.7. The summed E-state index contributed by atoms with van der Waals surface area (Å²) in [5.74, 6) is 3.27. The molecule has 112 valence electrons. The molecule has 0 aromatic heterocycles. The summed E-state index contributed by atoms with van der Waals surface area (Å²) >= 11 is 2.02. The van der Waals surface area contributed by atoms with Gasteiger partial charge in [-0.3, -0.25) is 0 Å². The van der Waals surface area contributed by atoms with Gasteiger partial charge in [0.15, 0.2) is 0 Å². The lowest BCUT2D eigenvalue weighted by Gasteiger charge is -2.33. The largest absolute Gasteiger partial charge is 0.372 e. The average molecular weight is 314 g/mol. The summed E-state index contributed by atoms with van der Waals surface area (Å²) in [4.78, 5) is 2.50. The van der Waals surface area contributed by atoms with E-state index < -0.39 is 10.0 Å². The normalized spacial score (nSPS) is 17.4. The average Bonchev–Trinajstić information content (AvgIpc) is 2.45. The van der Waals surface area contributed by atoms with E-state index in [0.717, 1.165) is 24.7 Å². The van der Waals surface area contributed by atoms with Crippen molar-refractivity contribution in [2.75, 3.05) is 29.5 Å². The SMILES string of the molecule is CCSCC1CCN(c2ccc(S(N)(=O)=O)cc2)CC1. The maximum absolute atomic E-state index is 11.2. The van der Waals surface area contributed by atoms with Gasteiger partial charge >= 0.3 is 0 Å². The van der Waals surface area contributed by atoms with E-state index in [1.165, 1.54) is 24.3 Å². The fourth-order valence-corrected chi connectivity index (χ4v) is 3.91. The highest BCUT2D eigenvalue weighted by atomic mass is 32.2. The van der Waals surface area contributed by atoms with Crippen LogP contribution in [0, 0.1) is 5.92 Å². The summed E-state index contributed by atoms with van der Waals surface area (Å²) in [7, 11) is -3.59. The van der Waals surface area contributed by atoms with Gasteiger partial charge < -0.3 is 4.90 Å². The van der Waals surface area contributed by atoms with Gasteiger partial charge in [0.1, 0.15) is 0 Å². The third-order valence-electron chi connectivity index (χ3n) is 3.70. The molecule has 1 aliphatic heterocycles. The summed E-state index contributed by atoms with van der Waals surface area (Å²) in [5.41, 5.74) is 1.08. The van der Waals surface area contributed by atoms with E-state index in [0.29, 0.717) is 0 Å². The lowest BCUT2D eigenvalue weighted by Crippen LogP contribution is -2.34. The van der Waals surface area contributed by atoms with E-state index in [1.807, 2.05) is 23.9 Å². The minimum atomic E-state index is -3.59. The van der Waals surface area contributed by atoms with Crippen molar-refractivity contribution in [3.8, 4) is 0 Å². The topological polar surface area (TPSA) is 63.4 Å². The van der Waals surface area contributed by atoms with Crippen LogP contribution in [-0.2, 0) is 10.0 Å². The molecule has 4 nitrogen and oxygen atoms in total. The van der Waals surface area contributed by atoms with Crippen LogP contribution in [0.25, 0.3) is 0 Å². The van der Waals surface area contributed by atoms with Crippen LogP contribution in [0.5, 0.6) is 0 Å². The van der Waals surface area contributed by atoms with Gasteiger partial charge in [0.25, 0.3) is 0 Å². The quantitative estimate of drug-likeness (QED) is 0.906. The summed E-state index contributed by atoms with van der Waals surface area (Å²) in [6.07, 6.45) is 2.42. The summed E-state index contributed by atoms with van der Waals surface area (Å²) < 4.78 is 22.5. The molecule has 0 spiro atoms. The van der Waals surface area contributed by atoms with Crippen LogP contribution in [-0.4, -0.2) is 33.0 Å². The van der Waals surface area contributed by atoms with E-state index in [-0.39, 0.29) is 4.90 Å². The zero-order chi connectivity index (χ0) is 14.6. The van der Waals surface area contributed by atoms with Crippen molar-refractivity contribution >= 4 is 27.5 Å². The summed E-state index contributed by atoms with van der Waals surface area (Å²) in [6.45, 7) is 4.29. The van der Waals surface area contributed by atoms with Gasteiger partial charge in [-0.25, -0.2) is 13.6 Å². The molecule has 2 N–H and O–H groups in total. The molecular weight excluding hydrogens is 292 g/mol. The molecule has 0 saturated carbocycles. The fourth-order valence-electron chi connectivity index (χ4n) is 2.49. The molecule has 0 aliphatic carbocycles. The number of nitrogens with zero attached hydrogens (tertiary/aromatic N) is 1. The Morgan fingerprint density at radius 1 is 1.25 bits per heavy atom. The van der Waals surface area contributed by atoms with Crippen molar-refractivity contribution in [2.24, 2.45) is 11.1 Å². The zero-order valence-corrected chi connectivity index (χ0v) is 13.4. The van der Waals surface area contributed by atoms with Gasteiger partial charge in [0.2, 0.25) is 10.0 Å². The van der Waals surface area contributed by atoms with Crippen molar-refractivity contribution in [2.45, 2.75) is 24.7 Å². The predicted molar refractivity (Wildman–Crippen MR) is 85.8 cm³/mol. The number of primary sulfonamides is 1. The molecule has 0 amide bonds. The standard InChI is InChI=1S/C14H22N2O2S2/c1-2-19-11-12-7-9-16(10-8-12)13-3-5-14(6-4-13)20(15,17)18/h3-6,12H,2,7-11H2,1H3,(H2,15,17,18). The highest BCUT2D eigenvalue weighted by Crippen LogP contribution is 2.26. The fraction of sp³-hybridized carbons (Fsp3) is 0.571. The Bertz CT molecular complexity index is 521. The van der Waals surface area contributed by atoms with Gasteiger partial charge in [-0.2, -0.15) is 11.8 Å². The van der Waals surface area contributed by atoms with Gasteiger partial charge in [-0.15, -0.1) is 0 Å². The van der Waals surface area contributed by atoms with E-state index in [9.17, 15) is 8.42 Å². The molecule has 20 heavy (non-hydrogen) atoms. The Hall–Kier alpha value is -0.720. The molecule has 0 bridgehead atoms. The second-order valence-electron chi connectivity index (χ2n) is 5.13. The van der Waals surface area contributed by atoms with Crippen molar-refractivity contribution < 1.29 is 8.42 Å². The number of benzene rings is 1. The molecule has 1 aromatic rings. The molecule has 6 heteroatoms. The van der Waals surface area contributed by atoms with Crippen molar-refractivity contribution in [3.05, 3.63) is 24.3 Å². The Labute approximate surface area is 125 Å². The van der Waals surface area contributed by atoms with E-state index in [1.54, 1.807) is 12.1 Å². The molecule has 1 aromatic carbocycles. The first-order valence-corrected chi connectivity index (χ1v) is 9.66. The molecular formula is C14H22N2O2S2. The van der Waals surface area contributed by atoms with Crippen LogP contribution in [0.15, 0.2) is 29.2 Å². The van der Waals surface area contributed by atoms with Crippen molar-refractivity contribution in [1.29, 1.82) is 0 Å². The maximum atomic E-state index is 11.2. The Morgan fingerprint density at radius 3 is 2.35 bits per heavy atom. The molecule has 0 radical (unpaired) electrons. The minimum Gasteiger partial charge on any atom is -0.372 e. The molecule has 1 aliphatic rings. The number of anilines is 1. The smallest absolute Gasteiger partial charge is 0.238 e. The van der Waals surface area contributed by atoms with Crippen molar-refractivity contribution in [3.63, 3.8) is 0 Å². The molecule has 1 heterocycles. The Kier molecular flexibility index (Phi) is 5.35. The highest BCUT2D eigenvalue weighted by molar-refractivity contribution is 7.99. The van der Waals surface area contributed by atoms with Gasteiger partial charge in [0, 0.05) is 18.8 Å². The lowest BCUT2D eigenvalue weighted by molar-refractivity contribution is 0.445. The van der Waals surface area contributed by atoms with Gasteiger partial charge in [-0.1, -0.05) is 6.92 Å². The second-order valence-corrected chi connectivity index (χ2v) is 8.01. The molecule has 1 fully saturated rings. The highest BCUT2D eigenvalue weighted by Gasteiger charge is 2.19. The molecule has 1 saturated heterocycles. The molecule has 2 rings (SSSR count). The zero-order valence-electron chi connectivity index (χ0n) is 11.8. The monoisotopic (exact) mass is 314 g/mol. The van der Waals surface area contributed by atoms with Gasteiger partial charge in [-0.05, 0) is 54.5 Å². The minimum absolute atomic E-state index is 0.176. The first-order valence-electron chi connectivity index (χ1n) is 6.96. The van der Waals surface area contributed by atoms with Crippen LogP contribution in [0.1, 0.15) is 19.8 Å². The third-order valence-corrected chi connectivity index (χ3v) is 5.75.